The van der Waals surface area contributed by atoms with Crippen LogP contribution in [0.2, 0.25) is 0 Å². The van der Waals surface area contributed by atoms with E-state index in [0.717, 1.165) is 29.8 Å². The highest BCUT2D eigenvalue weighted by Crippen LogP contribution is 2.38. The lowest BCUT2D eigenvalue weighted by Crippen LogP contribution is -2.35. The standard InChI is InChI=1S/C20H22N2O4/c1-13(23)21-15-7-4-6-14(10-15)20(24)22-9-5-8-17-18(22)11-16(25-2)12-19(17)26-3/h4,6-7,10-12H,5,8-9H2,1-3H3,(H,21,23). The lowest BCUT2D eigenvalue weighted by Gasteiger charge is -2.31. The van der Waals surface area contributed by atoms with E-state index in [2.05, 4.69) is 5.32 Å². The maximum absolute atomic E-state index is 13.1. The fourth-order valence-electron chi connectivity index (χ4n) is 3.23. The molecule has 0 aliphatic carbocycles. The van der Waals surface area contributed by atoms with Gasteiger partial charge in [0.05, 0.1) is 19.9 Å². The predicted molar refractivity (Wildman–Crippen MR) is 100 cm³/mol. The number of nitrogens with one attached hydrogen (secondary N) is 1. The van der Waals surface area contributed by atoms with Crippen LogP contribution in [-0.4, -0.2) is 32.6 Å². The molecule has 136 valence electrons. The fourth-order valence-corrected chi connectivity index (χ4v) is 3.23. The fraction of sp³-hybridized carbons (Fsp3) is 0.300. The molecule has 26 heavy (non-hydrogen) atoms. The van der Waals surface area contributed by atoms with Crippen molar-refractivity contribution in [1.82, 2.24) is 0 Å². The van der Waals surface area contributed by atoms with E-state index in [9.17, 15) is 9.59 Å². The van der Waals surface area contributed by atoms with Crippen LogP contribution in [-0.2, 0) is 11.2 Å². The number of nitrogens with zero attached hydrogens (tertiary/aromatic N) is 1. The highest BCUT2D eigenvalue weighted by atomic mass is 16.5. The van der Waals surface area contributed by atoms with Crippen molar-refractivity contribution in [3.05, 3.63) is 47.5 Å². The normalized spacial score (nSPS) is 13.0. The molecule has 6 nitrogen and oxygen atoms in total. The van der Waals surface area contributed by atoms with E-state index in [1.54, 1.807) is 43.4 Å². The van der Waals surface area contributed by atoms with Gasteiger partial charge in [-0.15, -0.1) is 0 Å². The van der Waals surface area contributed by atoms with Gasteiger partial charge in [-0.2, -0.15) is 0 Å². The SMILES string of the molecule is COc1cc(OC)c2c(c1)N(C(=O)c1cccc(NC(C)=O)c1)CCC2. The first-order valence-electron chi connectivity index (χ1n) is 8.48. The van der Waals surface area contributed by atoms with Crippen LogP contribution in [0.3, 0.4) is 0 Å². The number of anilines is 2. The number of benzene rings is 2. The molecule has 1 aliphatic rings. The Balaban J connectivity index is 1.99. The molecule has 0 bridgehead atoms. The van der Waals surface area contributed by atoms with Crippen LogP contribution in [0.1, 0.15) is 29.3 Å². The molecular weight excluding hydrogens is 332 g/mol. The number of carbonyl (C=O) groups is 2. The van der Waals surface area contributed by atoms with Crippen LogP contribution in [0.4, 0.5) is 11.4 Å². The van der Waals surface area contributed by atoms with Crippen LogP contribution in [0.5, 0.6) is 11.5 Å². The summed E-state index contributed by atoms with van der Waals surface area (Å²) < 4.78 is 10.8. The molecule has 0 fully saturated rings. The molecule has 6 heteroatoms. The van der Waals surface area contributed by atoms with Crippen LogP contribution in [0.15, 0.2) is 36.4 Å². The predicted octanol–water partition coefficient (Wildman–Crippen LogP) is 3.26. The summed E-state index contributed by atoms with van der Waals surface area (Å²) >= 11 is 0. The van der Waals surface area contributed by atoms with Crippen molar-refractivity contribution < 1.29 is 19.1 Å². The van der Waals surface area contributed by atoms with Crippen LogP contribution in [0, 0.1) is 0 Å². The van der Waals surface area contributed by atoms with Crippen molar-refractivity contribution in [1.29, 1.82) is 0 Å². The molecule has 0 atom stereocenters. The number of hydrogen-bond acceptors (Lipinski definition) is 4. The van der Waals surface area contributed by atoms with Crippen molar-refractivity contribution >= 4 is 23.2 Å². The van der Waals surface area contributed by atoms with E-state index < -0.39 is 0 Å². The maximum Gasteiger partial charge on any atom is 0.258 e. The summed E-state index contributed by atoms with van der Waals surface area (Å²) in [5.74, 6) is 1.08. The smallest absolute Gasteiger partial charge is 0.258 e. The topological polar surface area (TPSA) is 67.9 Å². The van der Waals surface area contributed by atoms with Gasteiger partial charge in [-0.05, 0) is 31.0 Å². The number of hydrogen-bond donors (Lipinski definition) is 1. The number of methoxy groups -OCH3 is 2. The average Bonchev–Trinajstić information content (AvgIpc) is 2.65. The Morgan fingerprint density at radius 2 is 1.92 bits per heavy atom. The molecular formula is C20H22N2O4. The van der Waals surface area contributed by atoms with E-state index in [0.29, 0.717) is 23.5 Å². The van der Waals surface area contributed by atoms with E-state index >= 15 is 0 Å². The van der Waals surface area contributed by atoms with Gasteiger partial charge in [0.2, 0.25) is 5.91 Å². The summed E-state index contributed by atoms with van der Waals surface area (Å²) in [6.45, 7) is 2.06. The Morgan fingerprint density at radius 3 is 2.62 bits per heavy atom. The Kier molecular flexibility index (Phi) is 5.11. The first kappa shape index (κ1) is 17.8. The van der Waals surface area contributed by atoms with Crippen molar-refractivity contribution in [2.24, 2.45) is 0 Å². The van der Waals surface area contributed by atoms with Gasteiger partial charge in [-0.25, -0.2) is 0 Å². The molecule has 0 saturated carbocycles. The summed E-state index contributed by atoms with van der Waals surface area (Å²) in [6, 6.07) is 10.7. The van der Waals surface area contributed by atoms with Gasteiger partial charge in [0, 0.05) is 42.4 Å². The van der Waals surface area contributed by atoms with Gasteiger partial charge in [0.1, 0.15) is 11.5 Å². The minimum atomic E-state index is -0.174. The number of carbonyl (C=O) groups excluding carboxylic acids is 2. The summed E-state index contributed by atoms with van der Waals surface area (Å²) in [7, 11) is 3.21. The van der Waals surface area contributed by atoms with E-state index in [-0.39, 0.29) is 11.8 Å². The van der Waals surface area contributed by atoms with Crippen LogP contribution < -0.4 is 19.7 Å². The van der Waals surface area contributed by atoms with Crippen LogP contribution >= 0.6 is 0 Å². The van der Waals surface area contributed by atoms with Crippen molar-refractivity contribution in [2.75, 3.05) is 31.0 Å². The number of amides is 2. The average molecular weight is 354 g/mol. The van der Waals surface area contributed by atoms with Crippen molar-refractivity contribution in [2.45, 2.75) is 19.8 Å². The van der Waals surface area contributed by atoms with E-state index in [4.69, 9.17) is 9.47 Å². The lowest BCUT2D eigenvalue weighted by molar-refractivity contribution is -0.114. The quantitative estimate of drug-likeness (QED) is 0.915. The van der Waals surface area contributed by atoms with Gasteiger partial charge in [-0.1, -0.05) is 6.07 Å². The summed E-state index contributed by atoms with van der Waals surface area (Å²) in [6.07, 6.45) is 1.70. The zero-order chi connectivity index (χ0) is 18.7. The Morgan fingerprint density at radius 1 is 1.12 bits per heavy atom. The largest absolute Gasteiger partial charge is 0.497 e. The van der Waals surface area contributed by atoms with Gasteiger partial charge in [0.15, 0.2) is 0 Å². The van der Waals surface area contributed by atoms with E-state index in [1.807, 2.05) is 12.1 Å². The maximum atomic E-state index is 13.1. The van der Waals surface area contributed by atoms with E-state index in [1.165, 1.54) is 6.92 Å². The number of fused-ring (bicyclic) bond motifs is 1. The van der Waals surface area contributed by atoms with Gasteiger partial charge < -0.3 is 19.7 Å². The summed E-state index contributed by atoms with van der Waals surface area (Å²) in [5.41, 5.74) is 2.93. The highest BCUT2D eigenvalue weighted by Gasteiger charge is 2.27. The molecule has 0 aromatic heterocycles. The molecule has 0 spiro atoms. The third-order valence-corrected chi connectivity index (χ3v) is 4.39. The third-order valence-electron chi connectivity index (χ3n) is 4.39. The number of ether oxygens (including phenoxy) is 2. The Hall–Kier alpha value is -3.02. The Bertz CT molecular complexity index is 848. The first-order chi connectivity index (χ1) is 12.5. The second kappa shape index (κ2) is 7.47. The zero-order valence-corrected chi connectivity index (χ0v) is 15.2. The van der Waals surface area contributed by atoms with Crippen molar-refractivity contribution in [3.63, 3.8) is 0 Å². The van der Waals surface area contributed by atoms with Crippen LogP contribution in [0.25, 0.3) is 0 Å². The van der Waals surface area contributed by atoms with Gasteiger partial charge >= 0.3 is 0 Å². The summed E-state index contributed by atoms with van der Waals surface area (Å²) in [5, 5.41) is 2.71. The molecule has 1 N–H and O–H groups in total. The highest BCUT2D eigenvalue weighted by molar-refractivity contribution is 6.08. The molecule has 0 saturated heterocycles. The molecule has 2 aromatic carbocycles. The first-order valence-corrected chi connectivity index (χ1v) is 8.48. The molecule has 2 aromatic rings. The monoisotopic (exact) mass is 354 g/mol. The molecule has 0 unspecified atom stereocenters. The second-order valence-electron chi connectivity index (χ2n) is 6.15. The molecule has 1 aliphatic heterocycles. The Labute approximate surface area is 152 Å². The molecule has 1 heterocycles. The number of rotatable bonds is 4. The minimum absolute atomic E-state index is 0.117. The zero-order valence-electron chi connectivity index (χ0n) is 15.2. The van der Waals surface area contributed by atoms with Crippen molar-refractivity contribution in [3.8, 4) is 11.5 Å². The lowest BCUT2D eigenvalue weighted by atomic mass is 9.99. The molecule has 3 rings (SSSR count). The molecule has 2 amide bonds. The van der Waals surface area contributed by atoms with Gasteiger partial charge in [-0.3, -0.25) is 9.59 Å². The summed E-state index contributed by atoms with van der Waals surface area (Å²) in [4.78, 5) is 26.1. The second-order valence-corrected chi connectivity index (χ2v) is 6.15. The third kappa shape index (κ3) is 3.49. The van der Waals surface area contributed by atoms with Gasteiger partial charge in [0.25, 0.3) is 5.91 Å². The minimum Gasteiger partial charge on any atom is -0.497 e. The molecule has 0 radical (unpaired) electrons.